The van der Waals surface area contributed by atoms with Crippen LogP contribution in [0.5, 0.6) is 11.5 Å². The van der Waals surface area contributed by atoms with Crippen molar-refractivity contribution in [3.63, 3.8) is 0 Å². The molecule has 244 valence electrons. The summed E-state index contributed by atoms with van der Waals surface area (Å²) in [4.78, 5) is 4.92. The summed E-state index contributed by atoms with van der Waals surface area (Å²) in [5.74, 6) is 2.63. The molecule has 7 rings (SSSR count). The van der Waals surface area contributed by atoms with E-state index >= 15 is 0 Å². The number of rotatable bonds is 4. The zero-order valence-corrected chi connectivity index (χ0v) is 30.0. The van der Waals surface area contributed by atoms with Crippen LogP contribution in [0.2, 0.25) is 0 Å². The van der Waals surface area contributed by atoms with Crippen LogP contribution < -0.4 is 9.30 Å². The second kappa shape index (κ2) is 11.1. The van der Waals surface area contributed by atoms with Crippen molar-refractivity contribution in [2.45, 2.75) is 78.6 Å². The standard InChI is InChI=1S/C43H47N4O/c1-41(2,3)28-21-22-44-40(23-28)47-34-16-12-11-15-30(34)31-25-33(43(7,8)9)39(26-37(31)47)48-38-24-29(19-20-32(38)42(4,5)6)46-27-45(10)35-17-13-14-18-36(35)46/h11-27H,1-10H3/q+1. The Hall–Kier alpha value is -4.90. The lowest BCUT2D eigenvalue weighted by atomic mass is 9.84. The Labute approximate surface area is 284 Å². The van der Waals surface area contributed by atoms with E-state index in [1.165, 1.54) is 21.9 Å². The predicted octanol–water partition coefficient (Wildman–Crippen LogP) is 10.6. The number of aryl methyl sites for hydroxylation is 1. The van der Waals surface area contributed by atoms with Gasteiger partial charge in [-0.15, -0.1) is 0 Å². The molecule has 0 aliphatic carbocycles. The van der Waals surface area contributed by atoms with Crippen LogP contribution in [-0.4, -0.2) is 14.1 Å². The monoisotopic (exact) mass is 635 g/mol. The lowest BCUT2D eigenvalue weighted by molar-refractivity contribution is -0.645. The number of hydrogen-bond donors (Lipinski definition) is 0. The van der Waals surface area contributed by atoms with Crippen molar-refractivity contribution < 1.29 is 9.30 Å². The maximum Gasteiger partial charge on any atom is 0.249 e. The first-order valence-electron chi connectivity index (χ1n) is 16.9. The van der Waals surface area contributed by atoms with Gasteiger partial charge in [-0.05, 0) is 64.3 Å². The van der Waals surface area contributed by atoms with Crippen LogP contribution >= 0.6 is 0 Å². The molecule has 0 unspecified atom stereocenters. The first-order chi connectivity index (χ1) is 22.6. The summed E-state index contributed by atoms with van der Waals surface area (Å²) in [6.45, 7) is 20.3. The van der Waals surface area contributed by atoms with Crippen LogP contribution in [0.1, 0.15) is 79.0 Å². The number of benzene rings is 4. The number of fused-ring (bicyclic) bond motifs is 4. The van der Waals surface area contributed by atoms with E-state index in [9.17, 15) is 0 Å². The van der Waals surface area contributed by atoms with Gasteiger partial charge >= 0.3 is 0 Å². The first-order valence-corrected chi connectivity index (χ1v) is 16.9. The van der Waals surface area contributed by atoms with Gasteiger partial charge in [-0.3, -0.25) is 4.57 Å². The Balaban J connectivity index is 1.48. The maximum absolute atomic E-state index is 7.19. The fourth-order valence-corrected chi connectivity index (χ4v) is 6.87. The van der Waals surface area contributed by atoms with E-state index in [0.29, 0.717) is 0 Å². The molecule has 0 atom stereocenters. The van der Waals surface area contributed by atoms with E-state index in [1.54, 1.807) is 0 Å². The summed E-state index contributed by atoms with van der Waals surface area (Å²) >= 11 is 0. The van der Waals surface area contributed by atoms with Gasteiger partial charge in [0.05, 0.1) is 18.1 Å². The lowest BCUT2D eigenvalue weighted by Crippen LogP contribution is -2.25. The van der Waals surface area contributed by atoms with Crippen LogP contribution in [0.3, 0.4) is 0 Å². The number of imidazole rings is 1. The average molecular weight is 636 g/mol. The van der Waals surface area contributed by atoms with Crippen molar-refractivity contribution in [3.8, 4) is 23.0 Å². The third-order valence-electron chi connectivity index (χ3n) is 9.50. The molecule has 0 aliphatic rings. The van der Waals surface area contributed by atoms with Gasteiger partial charge in [0.2, 0.25) is 6.33 Å². The van der Waals surface area contributed by atoms with Crippen LogP contribution in [0.4, 0.5) is 0 Å². The molecular formula is C43H47N4O+. The number of pyridine rings is 1. The van der Waals surface area contributed by atoms with Crippen LogP contribution in [0, 0.1) is 0 Å². The van der Waals surface area contributed by atoms with Gasteiger partial charge in [-0.1, -0.05) is 98.7 Å². The molecule has 3 heterocycles. The minimum atomic E-state index is -0.166. The highest BCUT2D eigenvalue weighted by atomic mass is 16.5. The summed E-state index contributed by atoms with van der Waals surface area (Å²) in [5, 5.41) is 2.40. The lowest BCUT2D eigenvalue weighted by Gasteiger charge is -2.27. The van der Waals surface area contributed by atoms with Crippen molar-refractivity contribution in [3.05, 3.63) is 120 Å². The van der Waals surface area contributed by atoms with Crippen molar-refractivity contribution in [2.24, 2.45) is 7.05 Å². The predicted molar refractivity (Wildman–Crippen MR) is 199 cm³/mol. The molecular weight excluding hydrogens is 589 g/mol. The van der Waals surface area contributed by atoms with E-state index in [4.69, 9.17) is 9.72 Å². The fraction of sp³-hybridized carbons (Fsp3) is 0.302. The number of ether oxygens (including phenoxy) is 1. The molecule has 48 heavy (non-hydrogen) atoms. The molecule has 0 amide bonds. The van der Waals surface area contributed by atoms with E-state index < -0.39 is 0 Å². The highest BCUT2D eigenvalue weighted by molar-refractivity contribution is 6.10. The van der Waals surface area contributed by atoms with Crippen molar-refractivity contribution >= 4 is 32.8 Å². The van der Waals surface area contributed by atoms with Gasteiger partial charge in [0, 0.05) is 40.2 Å². The van der Waals surface area contributed by atoms with Crippen LogP contribution in [0.25, 0.3) is 44.3 Å². The Morgan fingerprint density at radius 1 is 0.604 bits per heavy atom. The summed E-state index contributed by atoms with van der Waals surface area (Å²) < 4.78 is 13.9. The topological polar surface area (TPSA) is 35.9 Å². The van der Waals surface area contributed by atoms with E-state index in [2.05, 4.69) is 180 Å². The minimum Gasteiger partial charge on any atom is -0.457 e. The fourth-order valence-electron chi connectivity index (χ4n) is 6.87. The van der Waals surface area contributed by atoms with Gasteiger partial charge in [0.1, 0.15) is 23.0 Å². The quantitative estimate of drug-likeness (QED) is 0.180. The maximum atomic E-state index is 7.19. The molecule has 0 saturated carbocycles. The molecule has 3 aromatic heterocycles. The summed E-state index contributed by atoms with van der Waals surface area (Å²) in [7, 11) is 2.09. The second-order valence-electron chi connectivity index (χ2n) is 16.2. The second-order valence-corrected chi connectivity index (χ2v) is 16.2. The van der Waals surface area contributed by atoms with E-state index in [1.807, 2.05) is 6.20 Å². The summed E-state index contributed by atoms with van der Waals surface area (Å²) in [6.07, 6.45) is 4.08. The van der Waals surface area contributed by atoms with Gasteiger partial charge in [-0.2, -0.15) is 4.57 Å². The number of hydrogen-bond acceptors (Lipinski definition) is 2. The SMILES string of the molecule is C[n+]1cn(-c2ccc(C(C)(C)C)c(Oc3cc4c(cc3C(C)(C)C)c3ccccc3n4-c3cc(C(C)(C)C)ccn3)c2)c2ccccc21. The van der Waals surface area contributed by atoms with Crippen molar-refractivity contribution in [1.82, 2.24) is 14.1 Å². The molecule has 0 N–H and O–H groups in total. The molecule has 5 heteroatoms. The van der Waals surface area contributed by atoms with Gasteiger partial charge in [0.25, 0.3) is 0 Å². The van der Waals surface area contributed by atoms with Gasteiger partial charge in [-0.25, -0.2) is 9.55 Å². The summed E-state index contributed by atoms with van der Waals surface area (Å²) in [6, 6.07) is 32.7. The Kier molecular flexibility index (Phi) is 7.32. The first kappa shape index (κ1) is 31.7. The molecule has 4 aromatic carbocycles. The molecule has 0 radical (unpaired) electrons. The molecule has 5 nitrogen and oxygen atoms in total. The van der Waals surface area contributed by atoms with Crippen molar-refractivity contribution in [2.75, 3.05) is 0 Å². The van der Waals surface area contributed by atoms with Gasteiger partial charge < -0.3 is 4.74 Å². The normalized spacial score (nSPS) is 12.8. The van der Waals surface area contributed by atoms with Crippen LogP contribution in [-0.2, 0) is 23.3 Å². The Morgan fingerprint density at radius 2 is 1.27 bits per heavy atom. The number of para-hydroxylation sites is 3. The minimum absolute atomic E-state index is 0.000585. The Bertz CT molecular complexity index is 2330. The Morgan fingerprint density at radius 3 is 1.98 bits per heavy atom. The van der Waals surface area contributed by atoms with E-state index in [0.717, 1.165) is 50.7 Å². The smallest absolute Gasteiger partial charge is 0.249 e. The molecule has 0 aliphatic heterocycles. The molecule has 0 bridgehead atoms. The third kappa shape index (κ3) is 5.45. The zero-order valence-electron chi connectivity index (χ0n) is 30.0. The third-order valence-corrected chi connectivity index (χ3v) is 9.50. The van der Waals surface area contributed by atoms with E-state index in [-0.39, 0.29) is 16.2 Å². The highest BCUT2D eigenvalue weighted by Crippen LogP contribution is 2.44. The highest BCUT2D eigenvalue weighted by Gasteiger charge is 2.27. The van der Waals surface area contributed by atoms with Crippen LogP contribution in [0.15, 0.2) is 104 Å². The van der Waals surface area contributed by atoms with Crippen molar-refractivity contribution in [1.29, 1.82) is 0 Å². The molecule has 0 fully saturated rings. The zero-order chi connectivity index (χ0) is 34.2. The average Bonchev–Trinajstić information content (AvgIpc) is 3.53. The molecule has 0 spiro atoms. The molecule has 7 aromatic rings. The summed E-state index contributed by atoms with van der Waals surface area (Å²) in [5.41, 5.74) is 8.88. The molecule has 0 saturated heterocycles. The largest absolute Gasteiger partial charge is 0.457 e. The number of nitrogens with zero attached hydrogens (tertiary/aromatic N) is 4. The van der Waals surface area contributed by atoms with Gasteiger partial charge in [0.15, 0.2) is 11.0 Å². The number of aromatic nitrogens is 4.